The topological polar surface area (TPSA) is 56.3 Å². The Bertz CT molecular complexity index is 1330. The lowest BCUT2D eigenvalue weighted by atomic mass is 9.70. The molecule has 1 fully saturated rings. The fraction of sp³-hybridized carbons (Fsp3) is 0.543. The number of terminal acetylenes is 1. The molecule has 1 aromatic carbocycles. The predicted octanol–water partition coefficient (Wildman–Crippen LogP) is 9.09. The van der Waals surface area contributed by atoms with Crippen LogP contribution in [0.2, 0.25) is 0 Å². The quantitative estimate of drug-likeness (QED) is 0.219. The van der Waals surface area contributed by atoms with Crippen molar-refractivity contribution in [2.75, 3.05) is 17.9 Å². The summed E-state index contributed by atoms with van der Waals surface area (Å²) in [7, 11) is 0. The first-order chi connectivity index (χ1) is 19.4. The molecule has 0 spiro atoms. The highest BCUT2D eigenvalue weighted by molar-refractivity contribution is 8.00. The molecule has 1 saturated heterocycles. The molecule has 1 aromatic heterocycles. The number of hydrogen-bond donors (Lipinski definition) is 1. The second-order valence-corrected chi connectivity index (χ2v) is 14.3. The summed E-state index contributed by atoms with van der Waals surface area (Å²) in [6, 6.07) is 10.8. The Morgan fingerprint density at radius 1 is 1.22 bits per heavy atom. The summed E-state index contributed by atoms with van der Waals surface area (Å²) in [5, 5.41) is 0. The number of allylic oxidation sites excluding steroid dienone is 4. The molecule has 2 aliphatic rings. The second kappa shape index (κ2) is 13.0. The van der Waals surface area contributed by atoms with Gasteiger partial charge in [0.1, 0.15) is 0 Å². The first-order valence-corrected chi connectivity index (χ1v) is 15.7. The van der Waals surface area contributed by atoms with Gasteiger partial charge in [-0.1, -0.05) is 58.7 Å². The molecule has 1 N–H and O–H groups in total. The lowest BCUT2D eigenvalue weighted by Gasteiger charge is -2.42. The van der Waals surface area contributed by atoms with Gasteiger partial charge in [-0.2, -0.15) is 4.98 Å². The van der Waals surface area contributed by atoms with Gasteiger partial charge < -0.3 is 9.47 Å². The summed E-state index contributed by atoms with van der Waals surface area (Å²) >= 11 is 1.52. The zero-order valence-electron chi connectivity index (χ0n) is 26.1. The summed E-state index contributed by atoms with van der Waals surface area (Å²) in [5.74, 6) is 4.42. The molecule has 3 unspecified atom stereocenters. The fourth-order valence-electron chi connectivity index (χ4n) is 6.15. The molecule has 3 atom stereocenters. The highest BCUT2D eigenvalue weighted by atomic mass is 32.2. The standard InChI is InChI=1S/C35H47N3O2S/c1-10-23(3)32(24(4)11-2)29-20-31-37-33(36-29)38-41-27-15-12-14-25(18-27)28(26(22-40-31)21-34(5,6)7)19-30-35(8,9)16-13-17-39-30/h1,11-12,14-15,18,20,26,28,30H,13,16-17,19,21-22H2,2-9H3,(H,36,37,38)/b24-11-,32-23+. The number of hydrogen-bond acceptors (Lipinski definition) is 6. The zero-order valence-corrected chi connectivity index (χ0v) is 27.0. The van der Waals surface area contributed by atoms with E-state index in [0.29, 0.717) is 18.4 Å². The number of fused-ring (bicyclic) bond motifs is 4. The molecule has 2 aromatic rings. The van der Waals surface area contributed by atoms with Crippen LogP contribution in [-0.2, 0) is 4.74 Å². The maximum Gasteiger partial charge on any atom is 0.237 e. The van der Waals surface area contributed by atoms with Crippen LogP contribution < -0.4 is 9.46 Å². The molecule has 2 aliphatic heterocycles. The largest absolute Gasteiger partial charge is 0.477 e. The first-order valence-electron chi connectivity index (χ1n) is 14.9. The van der Waals surface area contributed by atoms with Crippen molar-refractivity contribution in [3.8, 4) is 18.2 Å². The normalized spacial score (nSPS) is 23.6. The molecule has 4 rings (SSSR count). The van der Waals surface area contributed by atoms with Crippen LogP contribution in [0.25, 0.3) is 5.57 Å². The van der Waals surface area contributed by atoms with Crippen LogP contribution in [0.3, 0.4) is 0 Å². The van der Waals surface area contributed by atoms with Crippen LogP contribution in [0.4, 0.5) is 5.95 Å². The Balaban J connectivity index is 1.80. The summed E-state index contributed by atoms with van der Waals surface area (Å²) in [4.78, 5) is 10.8. The van der Waals surface area contributed by atoms with Gasteiger partial charge in [0.05, 0.1) is 18.4 Å². The minimum atomic E-state index is 0.130. The van der Waals surface area contributed by atoms with E-state index in [9.17, 15) is 0 Å². The van der Waals surface area contributed by atoms with Gasteiger partial charge >= 0.3 is 0 Å². The Morgan fingerprint density at radius 3 is 2.68 bits per heavy atom. The van der Waals surface area contributed by atoms with Gasteiger partial charge in [-0.3, -0.25) is 4.72 Å². The molecule has 0 saturated carbocycles. The molecule has 4 bridgehead atoms. The SMILES string of the molecule is C#C/C(C)=C(\C(C)=C/C)c1cc2nc(n1)NSc1cccc(c1)C(CC1OCCCC1(C)C)C(CC(C)(C)C)CO2. The number of aromatic nitrogens is 2. The van der Waals surface area contributed by atoms with E-state index in [2.05, 4.69) is 82.5 Å². The van der Waals surface area contributed by atoms with Gasteiger partial charge in [0.15, 0.2) is 0 Å². The average Bonchev–Trinajstić information content (AvgIpc) is 2.92. The molecular formula is C35H47N3O2S. The maximum atomic E-state index is 6.60. The summed E-state index contributed by atoms with van der Waals surface area (Å²) in [6.45, 7) is 19.1. The van der Waals surface area contributed by atoms with Crippen molar-refractivity contribution in [2.45, 2.75) is 98.0 Å². The third-order valence-corrected chi connectivity index (χ3v) is 9.21. The van der Waals surface area contributed by atoms with Gasteiger partial charge in [-0.15, -0.1) is 6.42 Å². The van der Waals surface area contributed by atoms with E-state index in [-0.39, 0.29) is 28.8 Å². The third-order valence-electron chi connectivity index (χ3n) is 8.44. The van der Waals surface area contributed by atoms with Gasteiger partial charge in [-0.25, -0.2) is 4.98 Å². The van der Waals surface area contributed by atoms with Crippen LogP contribution in [0.5, 0.6) is 5.88 Å². The van der Waals surface area contributed by atoms with Crippen molar-refractivity contribution in [1.29, 1.82) is 0 Å². The van der Waals surface area contributed by atoms with Crippen molar-refractivity contribution in [1.82, 2.24) is 9.97 Å². The van der Waals surface area contributed by atoms with E-state index >= 15 is 0 Å². The lowest BCUT2D eigenvalue weighted by Crippen LogP contribution is -2.39. The lowest BCUT2D eigenvalue weighted by molar-refractivity contribution is -0.0783. The second-order valence-electron chi connectivity index (χ2n) is 13.4. The summed E-state index contributed by atoms with van der Waals surface area (Å²) < 4.78 is 16.4. The molecule has 0 aliphatic carbocycles. The van der Waals surface area contributed by atoms with Gasteiger partial charge in [0.25, 0.3) is 0 Å². The number of ether oxygens (including phenoxy) is 2. The monoisotopic (exact) mass is 573 g/mol. The van der Waals surface area contributed by atoms with Crippen molar-refractivity contribution < 1.29 is 9.47 Å². The van der Waals surface area contributed by atoms with E-state index in [0.717, 1.165) is 53.2 Å². The Kier molecular flexibility index (Phi) is 9.93. The molecule has 3 heterocycles. The molecule has 0 radical (unpaired) electrons. The van der Waals surface area contributed by atoms with E-state index in [1.165, 1.54) is 23.9 Å². The first kappa shape index (κ1) is 31.2. The van der Waals surface area contributed by atoms with Gasteiger partial charge in [-0.05, 0) is 98.4 Å². The van der Waals surface area contributed by atoms with E-state index in [1.54, 1.807) is 0 Å². The smallest absolute Gasteiger partial charge is 0.237 e. The van der Waals surface area contributed by atoms with Crippen LogP contribution >= 0.6 is 11.9 Å². The highest BCUT2D eigenvalue weighted by Crippen LogP contribution is 2.44. The van der Waals surface area contributed by atoms with Crippen molar-refractivity contribution in [3.63, 3.8) is 0 Å². The van der Waals surface area contributed by atoms with Crippen LogP contribution in [0, 0.1) is 29.1 Å². The minimum absolute atomic E-state index is 0.130. The maximum absolute atomic E-state index is 6.60. The number of rotatable bonds is 5. The van der Waals surface area contributed by atoms with E-state index < -0.39 is 0 Å². The number of nitrogens with zero attached hydrogens (tertiary/aromatic N) is 2. The third kappa shape index (κ3) is 7.96. The van der Waals surface area contributed by atoms with Gasteiger partial charge in [0, 0.05) is 34.6 Å². The van der Waals surface area contributed by atoms with E-state index in [4.69, 9.17) is 25.9 Å². The van der Waals surface area contributed by atoms with Gasteiger partial charge in [0.2, 0.25) is 11.8 Å². The van der Waals surface area contributed by atoms with Crippen LogP contribution in [0.1, 0.15) is 98.2 Å². The molecular weight excluding hydrogens is 526 g/mol. The Morgan fingerprint density at radius 2 is 2.00 bits per heavy atom. The number of benzene rings is 1. The Labute approximate surface area is 252 Å². The fourth-order valence-corrected chi connectivity index (χ4v) is 6.79. The van der Waals surface area contributed by atoms with Crippen molar-refractivity contribution >= 4 is 23.5 Å². The summed E-state index contributed by atoms with van der Waals surface area (Å²) in [5.41, 5.74) is 5.20. The molecule has 41 heavy (non-hydrogen) atoms. The van der Waals surface area contributed by atoms with Crippen LogP contribution in [0.15, 0.2) is 52.4 Å². The number of nitrogens with one attached hydrogen (secondary N) is 1. The summed E-state index contributed by atoms with van der Waals surface area (Å²) in [6.07, 6.45) is 12.4. The van der Waals surface area contributed by atoms with Crippen molar-refractivity contribution in [2.24, 2.45) is 16.7 Å². The average molecular weight is 574 g/mol. The molecule has 220 valence electrons. The molecule has 6 heteroatoms. The predicted molar refractivity (Wildman–Crippen MR) is 172 cm³/mol. The van der Waals surface area contributed by atoms with Crippen molar-refractivity contribution in [3.05, 3.63) is 58.8 Å². The highest BCUT2D eigenvalue weighted by Gasteiger charge is 2.38. The molecule has 5 nitrogen and oxygen atoms in total. The molecule has 0 amide bonds. The Hall–Kier alpha value is -2.75. The minimum Gasteiger partial charge on any atom is -0.477 e. The van der Waals surface area contributed by atoms with Crippen LogP contribution in [-0.4, -0.2) is 29.3 Å². The number of anilines is 1. The zero-order chi connectivity index (χ0) is 29.8. The van der Waals surface area contributed by atoms with E-state index in [1.807, 2.05) is 19.9 Å².